The van der Waals surface area contributed by atoms with Gasteiger partial charge < -0.3 is 14.0 Å². The van der Waals surface area contributed by atoms with Crippen LogP contribution in [0.1, 0.15) is 47.2 Å². The molecule has 1 saturated heterocycles. The Kier molecular flexibility index (Phi) is 3.38. The number of pyridine rings is 1. The Bertz CT molecular complexity index is 592. The Labute approximate surface area is 132 Å². The van der Waals surface area contributed by atoms with Gasteiger partial charge in [0.1, 0.15) is 12.3 Å². The summed E-state index contributed by atoms with van der Waals surface area (Å²) in [6.07, 6.45) is 1.77. The maximum absolute atomic E-state index is 6.02. The third-order valence-corrected chi connectivity index (χ3v) is 4.50. The van der Waals surface area contributed by atoms with Gasteiger partial charge in [-0.2, -0.15) is 0 Å². The van der Waals surface area contributed by atoms with E-state index in [1.54, 1.807) is 6.20 Å². The summed E-state index contributed by atoms with van der Waals surface area (Å²) in [5.74, 6) is 0.602. The summed E-state index contributed by atoms with van der Waals surface area (Å²) >= 11 is 0. The van der Waals surface area contributed by atoms with Gasteiger partial charge in [-0.3, -0.25) is 4.98 Å². The third-order valence-electron chi connectivity index (χ3n) is 4.50. The van der Waals surface area contributed by atoms with Gasteiger partial charge in [0.05, 0.1) is 16.7 Å². The summed E-state index contributed by atoms with van der Waals surface area (Å²) in [7, 11) is -0.394. The second kappa shape index (κ2) is 4.80. The molecule has 0 spiro atoms. The van der Waals surface area contributed by atoms with E-state index in [1.165, 1.54) is 0 Å². The van der Waals surface area contributed by atoms with E-state index in [0.29, 0.717) is 12.5 Å². The zero-order valence-electron chi connectivity index (χ0n) is 14.1. The summed E-state index contributed by atoms with van der Waals surface area (Å²) in [5.41, 5.74) is 0.769. The normalized spacial score (nSPS) is 25.0. The fourth-order valence-electron chi connectivity index (χ4n) is 2.37. The molecule has 0 aliphatic carbocycles. The Morgan fingerprint density at radius 3 is 2.09 bits per heavy atom. The molecule has 0 radical (unpaired) electrons. The first-order chi connectivity index (χ1) is 10.1. The van der Waals surface area contributed by atoms with Crippen LogP contribution in [0.5, 0.6) is 0 Å². The van der Waals surface area contributed by atoms with Crippen LogP contribution in [0.2, 0.25) is 0 Å². The molecule has 0 N–H and O–H groups in total. The lowest BCUT2D eigenvalue weighted by molar-refractivity contribution is 0.00578. The molecular weight excluding hydrogens is 279 g/mol. The summed E-state index contributed by atoms with van der Waals surface area (Å²) in [6, 6.07) is 3.86. The smallest absolute Gasteiger partial charge is 0.474 e. The van der Waals surface area contributed by atoms with Crippen molar-refractivity contribution in [3.8, 4) is 0 Å². The van der Waals surface area contributed by atoms with Crippen LogP contribution >= 0.6 is 0 Å². The first-order valence-electron chi connectivity index (χ1n) is 7.64. The number of nitrogens with zero attached hydrogens (tertiary/aromatic N) is 2. The molecule has 118 valence electrons. The van der Waals surface area contributed by atoms with Crippen LogP contribution < -0.4 is 5.46 Å². The average Bonchev–Trinajstić information content (AvgIpc) is 2.87. The standard InChI is InChI=1S/C16H23BN2O3/c1-14(2)10-20-13(19-14)12-8-7-11(9-18-12)17-21-15(3,4)16(5,6)22-17/h7-9H,10H2,1-6H3. The van der Waals surface area contributed by atoms with Gasteiger partial charge in [-0.25, -0.2) is 4.99 Å². The zero-order chi connectivity index (χ0) is 16.2. The van der Waals surface area contributed by atoms with Gasteiger partial charge in [0.15, 0.2) is 0 Å². The van der Waals surface area contributed by atoms with Crippen molar-refractivity contribution < 1.29 is 14.0 Å². The van der Waals surface area contributed by atoms with Crippen LogP contribution in [-0.2, 0) is 14.0 Å². The van der Waals surface area contributed by atoms with Crippen LogP contribution in [-0.4, -0.2) is 41.3 Å². The average molecular weight is 302 g/mol. The predicted octanol–water partition coefficient (Wildman–Crippen LogP) is 1.94. The van der Waals surface area contributed by atoms with Gasteiger partial charge in [-0.15, -0.1) is 0 Å². The molecule has 0 saturated carbocycles. The Balaban J connectivity index is 1.79. The van der Waals surface area contributed by atoms with Crippen LogP contribution in [0.4, 0.5) is 0 Å². The SMILES string of the molecule is CC1(C)COC(c2ccc(B3OC(C)(C)C(C)(C)O3)cn2)=N1. The van der Waals surface area contributed by atoms with Crippen LogP contribution in [0.25, 0.3) is 0 Å². The Morgan fingerprint density at radius 2 is 1.64 bits per heavy atom. The minimum Gasteiger partial charge on any atom is -0.474 e. The second-order valence-electron chi connectivity index (χ2n) is 7.58. The molecule has 0 atom stereocenters. The van der Waals surface area contributed by atoms with Crippen molar-refractivity contribution in [2.45, 2.75) is 58.3 Å². The quantitative estimate of drug-likeness (QED) is 0.783. The van der Waals surface area contributed by atoms with Crippen molar-refractivity contribution in [1.29, 1.82) is 0 Å². The van der Waals surface area contributed by atoms with Crippen molar-refractivity contribution in [1.82, 2.24) is 4.98 Å². The minimum absolute atomic E-state index is 0.179. The maximum atomic E-state index is 6.02. The van der Waals surface area contributed by atoms with E-state index in [1.807, 2.05) is 53.7 Å². The van der Waals surface area contributed by atoms with E-state index < -0.39 is 7.12 Å². The van der Waals surface area contributed by atoms with Crippen molar-refractivity contribution in [2.75, 3.05) is 6.61 Å². The molecule has 6 heteroatoms. The van der Waals surface area contributed by atoms with Crippen LogP contribution in [0.15, 0.2) is 23.3 Å². The van der Waals surface area contributed by atoms with E-state index >= 15 is 0 Å². The molecule has 5 nitrogen and oxygen atoms in total. The number of ether oxygens (including phenoxy) is 1. The van der Waals surface area contributed by atoms with Crippen molar-refractivity contribution in [2.24, 2.45) is 4.99 Å². The topological polar surface area (TPSA) is 52.9 Å². The molecule has 3 heterocycles. The number of hydrogen-bond acceptors (Lipinski definition) is 5. The van der Waals surface area contributed by atoms with Crippen molar-refractivity contribution in [3.05, 3.63) is 24.0 Å². The monoisotopic (exact) mass is 302 g/mol. The zero-order valence-corrected chi connectivity index (χ0v) is 14.1. The van der Waals surface area contributed by atoms with E-state index in [9.17, 15) is 0 Å². The molecule has 2 aliphatic rings. The second-order valence-corrected chi connectivity index (χ2v) is 7.58. The fourth-order valence-corrected chi connectivity index (χ4v) is 2.37. The predicted molar refractivity (Wildman–Crippen MR) is 86.5 cm³/mol. The van der Waals surface area contributed by atoms with Crippen molar-refractivity contribution in [3.63, 3.8) is 0 Å². The molecule has 1 aromatic heterocycles. The van der Waals surface area contributed by atoms with Gasteiger partial charge in [0, 0.05) is 11.7 Å². The minimum atomic E-state index is -0.394. The highest BCUT2D eigenvalue weighted by atomic mass is 16.7. The van der Waals surface area contributed by atoms with Gasteiger partial charge >= 0.3 is 7.12 Å². The molecule has 2 aliphatic heterocycles. The molecule has 0 bridgehead atoms. The Morgan fingerprint density at radius 1 is 1.00 bits per heavy atom. The first kappa shape index (κ1) is 15.5. The molecule has 1 aromatic rings. The highest BCUT2D eigenvalue weighted by Gasteiger charge is 2.51. The molecule has 3 rings (SSSR count). The van der Waals surface area contributed by atoms with E-state index in [2.05, 4.69) is 9.98 Å². The summed E-state index contributed by atoms with van der Waals surface area (Å²) in [5, 5.41) is 0. The summed E-state index contributed by atoms with van der Waals surface area (Å²) in [6.45, 7) is 12.8. The van der Waals surface area contributed by atoms with Gasteiger partial charge in [0.25, 0.3) is 0 Å². The highest BCUT2D eigenvalue weighted by Crippen LogP contribution is 2.36. The van der Waals surface area contributed by atoms with E-state index in [4.69, 9.17) is 14.0 Å². The first-order valence-corrected chi connectivity index (χ1v) is 7.64. The van der Waals surface area contributed by atoms with Gasteiger partial charge in [-0.05, 0) is 47.6 Å². The maximum Gasteiger partial charge on any atom is 0.496 e. The number of aromatic nitrogens is 1. The number of aliphatic imine (C=N–C) groups is 1. The molecule has 0 aromatic carbocycles. The number of hydrogen-bond donors (Lipinski definition) is 0. The summed E-state index contributed by atoms with van der Waals surface area (Å²) in [4.78, 5) is 8.98. The van der Waals surface area contributed by atoms with Gasteiger partial charge in [0.2, 0.25) is 5.90 Å². The molecular formula is C16H23BN2O3. The molecule has 1 fully saturated rings. The van der Waals surface area contributed by atoms with E-state index in [0.717, 1.165) is 11.2 Å². The lowest BCUT2D eigenvalue weighted by atomic mass is 9.80. The largest absolute Gasteiger partial charge is 0.496 e. The van der Waals surface area contributed by atoms with Crippen LogP contribution in [0, 0.1) is 0 Å². The third kappa shape index (κ3) is 2.65. The number of rotatable bonds is 2. The molecule has 0 unspecified atom stereocenters. The highest BCUT2D eigenvalue weighted by molar-refractivity contribution is 6.62. The van der Waals surface area contributed by atoms with E-state index in [-0.39, 0.29) is 16.7 Å². The lowest BCUT2D eigenvalue weighted by Crippen LogP contribution is -2.41. The van der Waals surface area contributed by atoms with Crippen LogP contribution in [0.3, 0.4) is 0 Å². The Hall–Kier alpha value is -1.40. The molecule has 22 heavy (non-hydrogen) atoms. The summed E-state index contributed by atoms with van der Waals surface area (Å²) < 4.78 is 17.7. The molecule has 0 amide bonds. The lowest BCUT2D eigenvalue weighted by Gasteiger charge is -2.32. The fraction of sp³-hybridized carbons (Fsp3) is 0.625. The van der Waals surface area contributed by atoms with Gasteiger partial charge in [-0.1, -0.05) is 6.07 Å². The van der Waals surface area contributed by atoms with Crippen molar-refractivity contribution >= 4 is 18.5 Å².